The fourth-order valence-electron chi connectivity index (χ4n) is 4.30. The summed E-state index contributed by atoms with van der Waals surface area (Å²) in [6.07, 6.45) is 3.98. The molecule has 11 heteroatoms. The summed E-state index contributed by atoms with van der Waals surface area (Å²) in [4.78, 5) is 44.5. The summed E-state index contributed by atoms with van der Waals surface area (Å²) in [5.74, 6) is -1.42. The van der Waals surface area contributed by atoms with Crippen molar-refractivity contribution in [3.05, 3.63) is 35.9 Å². The normalized spacial score (nSPS) is 15.7. The molecule has 2 saturated heterocycles. The number of carbonyl (C=O) groups excluding carboxylic acids is 2. The third kappa shape index (κ3) is 11.0. The van der Waals surface area contributed by atoms with Crippen LogP contribution >= 0.6 is 24.8 Å². The molecule has 1 aromatic carbocycles. The Hall–Kier alpha value is -2.07. The van der Waals surface area contributed by atoms with Crippen molar-refractivity contribution >= 4 is 42.8 Å². The van der Waals surface area contributed by atoms with Gasteiger partial charge in [-0.3, -0.25) is 14.5 Å². The molecule has 35 heavy (non-hydrogen) atoms. The predicted octanol–water partition coefficient (Wildman–Crippen LogP) is 2.57. The molecule has 0 bridgehead atoms. The van der Waals surface area contributed by atoms with Crippen LogP contribution in [0.4, 0.5) is 4.79 Å². The molecule has 198 valence electrons. The molecule has 2 fully saturated rings. The minimum Gasteiger partial charge on any atom is -0.480 e. The molecule has 0 spiro atoms. The van der Waals surface area contributed by atoms with Gasteiger partial charge in [-0.05, 0) is 57.4 Å². The van der Waals surface area contributed by atoms with Crippen LogP contribution in [0.1, 0.15) is 31.2 Å². The second-order valence-electron chi connectivity index (χ2n) is 8.77. The predicted molar refractivity (Wildman–Crippen MR) is 138 cm³/mol. The van der Waals surface area contributed by atoms with Crippen molar-refractivity contribution in [2.45, 2.75) is 32.3 Å². The van der Waals surface area contributed by atoms with Crippen molar-refractivity contribution in [2.24, 2.45) is 0 Å². The second-order valence-corrected chi connectivity index (χ2v) is 8.77. The number of halogens is 2. The van der Waals surface area contributed by atoms with Gasteiger partial charge in [-0.2, -0.15) is 0 Å². The minimum absolute atomic E-state index is 0. The van der Waals surface area contributed by atoms with Gasteiger partial charge in [0.1, 0.15) is 19.7 Å². The number of rotatable bonds is 12. The Morgan fingerprint density at radius 3 is 1.83 bits per heavy atom. The maximum Gasteiger partial charge on any atom is 0.410 e. The van der Waals surface area contributed by atoms with Crippen molar-refractivity contribution in [2.75, 3.05) is 65.4 Å². The van der Waals surface area contributed by atoms with Gasteiger partial charge >= 0.3 is 12.1 Å². The number of likely N-dealkylation sites (tertiary alicyclic amines) is 2. The molecular formula is C24H38Cl2N4O5. The molecule has 2 heterocycles. The van der Waals surface area contributed by atoms with Crippen LogP contribution < -0.4 is 0 Å². The molecule has 2 aliphatic rings. The molecule has 2 amide bonds. The summed E-state index contributed by atoms with van der Waals surface area (Å²) in [5.41, 5.74) is 0.870. The van der Waals surface area contributed by atoms with Crippen LogP contribution in [-0.4, -0.2) is 108 Å². The number of ether oxygens (including phenoxy) is 1. The Bertz CT molecular complexity index is 774. The average Bonchev–Trinajstić information content (AvgIpc) is 3.52. The van der Waals surface area contributed by atoms with Crippen molar-refractivity contribution in [3.8, 4) is 0 Å². The molecule has 1 aromatic rings. The first kappa shape index (κ1) is 31.0. The first-order valence-corrected chi connectivity index (χ1v) is 11.9. The minimum atomic E-state index is -1.06. The van der Waals surface area contributed by atoms with Crippen LogP contribution in [0.5, 0.6) is 0 Å². The molecule has 2 aliphatic heterocycles. The average molecular weight is 533 g/mol. The number of carboxylic acids is 1. The van der Waals surface area contributed by atoms with Crippen LogP contribution in [-0.2, 0) is 20.9 Å². The van der Waals surface area contributed by atoms with Gasteiger partial charge in [-0.15, -0.1) is 24.8 Å². The van der Waals surface area contributed by atoms with E-state index >= 15 is 0 Å². The molecule has 0 radical (unpaired) electrons. The Labute approximate surface area is 220 Å². The lowest BCUT2D eigenvalue weighted by Crippen LogP contribution is -2.48. The van der Waals surface area contributed by atoms with Crippen molar-refractivity contribution < 1.29 is 24.2 Å². The van der Waals surface area contributed by atoms with Crippen LogP contribution in [0.25, 0.3) is 0 Å². The molecule has 1 N–H and O–H groups in total. The van der Waals surface area contributed by atoms with Gasteiger partial charge < -0.3 is 24.5 Å². The van der Waals surface area contributed by atoms with Crippen LogP contribution in [0.2, 0.25) is 0 Å². The van der Waals surface area contributed by atoms with Gasteiger partial charge in [-0.25, -0.2) is 4.79 Å². The number of hydrogen-bond donors (Lipinski definition) is 1. The number of hydrogen-bond acceptors (Lipinski definition) is 6. The Kier molecular flexibility index (Phi) is 14.7. The van der Waals surface area contributed by atoms with Crippen LogP contribution in [0.3, 0.4) is 0 Å². The lowest BCUT2D eigenvalue weighted by molar-refractivity contribution is -0.144. The van der Waals surface area contributed by atoms with Gasteiger partial charge in [0.25, 0.3) is 0 Å². The zero-order valence-corrected chi connectivity index (χ0v) is 21.8. The summed E-state index contributed by atoms with van der Waals surface area (Å²) in [6.45, 7) is 5.51. The van der Waals surface area contributed by atoms with E-state index in [1.165, 1.54) is 9.80 Å². The highest BCUT2D eigenvalue weighted by atomic mass is 35.5. The first-order valence-electron chi connectivity index (χ1n) is 11.9. The maximum absolute atomic E-state index is 13.0. The third-order valence-electron chi connectivity index (χ3n) is 6.24. The second kappa shape index (κ2) is 16.6. The monoisotopic (exact) mass is 532 g/mol. The van der Waals surface area contributed by atoms with Gasteiger partial charge in [0.05, 0.1) is 0 Å². The van der Waals surface area contributed by atoms with Gasteiger partial charge in [0.15, 0.2) is 0 Å². The molecule has 0 aromatic heterocycles. The quantitative estimate of drug-likeness (QED) is 0.442. The number of aliphatic carboxylic acids is 1. The third-order valence-corrected chi connectivity index (χ3v) is 6.24. The first-order chi connectivity index (χ1) is 16.0. The summed E-state index contributed by atoms with van der Waals surface area (Å²) >= 11 is 0. The highest BCUT2D eigenvalue weighted by Crippen LogP contribution is 2.10. The van der Waals surface area contributed by atoms with Gasteiger partial charge in [-0.1, -0.05) is 30.3 Å². The van der Waals surface area contributed by atoms with E-state index in [-0.39, 0.29) is 50.4 Å². The number of amides is 2. The highest BCUT2D eigenvalue weighted by molar-refractivity contribution is 5.86. The van der Waals surface area contributed by atoms with Crippen molar-refractivity contribution in [1.29, 1.82) is 0 Å². The van der Waals surface area contributed by atoms with E-state index in [0.29, 0.717) is 26.2 Å². The van der Waals surface area contributed by atoms with Crippen molar-refractivity contribution in [1.82, 2.24) is 19.6 Å². The van der Waals surface area contributed by atoms with E-state index in [0.717, 1.165) is 57.4 Å². The highest BCUT2D eigenvalue weighted by Gasteiger charge is 2.25. The number of carbonyl (C=O) groups is 3. The standard InChI is InChI=1S/C24H36N4O5.2ClH/c29-22(27(19-23(30)31)16-14-25-10-4-5-11-25)18-28(17-15-26-12-6-7-13-26)24(32)33-20-21-8-2-1-3-9-21;;/h1-3,8-9H,4-7,10-20H2,(H,30,31);2*1H. The lowest BCUT2D eigenvalue weighted by Gasteiger charge is -2.28. The van der Waals surface area contributed by atoms with Crippen LogP contribution in [0, 0.1) is 0 Å². The molecule has 3 rings (SSSR count). The molecule has 0 aliphatic carbocycles. The SMILES string of the molecule is Cl.Cl.O=C(O)CN(CCN1CCCC1)C(=O)CN(CCN1CCCC1)C(=O)OCc1ccccc1. The fraction of sp³-hybridized carbons (Fsp3) is 0.625. The smallest absolute Gasteiger partial charge is 0.410 e. The Morgan fingerprint density at radius 1 is 0.800 bits per heavy atom. The number of benzene rings is 1. The largest absolute Gasteiger partial charge is 0.480 e. The van der Waals surface area contributed by atoms with Gasteiger partial charge in [0, 0.05) is 26.2 Å². The summed E-state index contributed by atoms with van der Waals surface area (Å²) in [7, 11) is 0. The van der Waals surface area contributed by atoms with Crippen molar-refractivity contribution in [3.63, 3.8) is 0 Å². The summed E-state index contributed by atoms with van der Waals surface area (Å²) in [6, 6.07) is 9.40. The zero-order chi connectivity index (χ0) is 23.5. The van der Waals surface area contributed by atoms with E-state index in [9.17, 15) is 19.5 Å². The summed E-state index contributed by atoms with van der Waals surface area (Å²) in [5, 5.41) is 9.31. The van der Waals surface area contributed by atoms with E-state index in [1.807, 2.05) is 30.3 Å². The molecule has 0 saturated carbocycles. The Morgan fingerprint density at radius 2 is 1.31 bits per heavy atom. The lowest BCUT2D eigenvalue weighted by atomic mass is 10.2. The maximum atomic E-state index is 13.0. The van der Waals surface area contributed by atoms with Crippen LogP contribution in [0.15, 0.2) is 30.3 Å². The summed E-state index contributed by atoms with van der Waals surface area (Å²) < 4.78 is 5.48. The molecule has 0 atom stereocenters. The Balaban J connectivity index is 0.00000306. The van der Waals surface area contributed by atoms with E-state index in [4.69, 9.17) is 4.74 Å². The van der Waals surface area contributed by atoms with E-state index in [1.54, 1.807) is 0 Å². The van der Waals surface area contributed by atoms with E-state index < -0.39 is 12.1 Å². The van der Waals surface area contributed by atoms with E-state index in [2.05, 4.69) is 9.80 Å². The number of carboxylic acid groups (broad SMARTS) is 1. The number of nitrogens with zero attached hydrogens (tertiary/aromatic N) is 4. The zero-order valence-electron chi connectivity index (χ0n) is 20.2. The molecular weight excluding hydrogens is 495 g/mol. The van der Waals surface area contributed by atoms with Gasteiger partial charge in [0.2, 0.25) is 5.91 Å². The topological polar surface area (TPSA) is 93.6 Å². The molecule has 9 nitrogen and oxygen atoms in total. The fourth-order valence-corrected chi connectivity index (χ4v) is 4.30. The molecule has 0 unspecified atom stereocenters.